The van der Waals surface area contributed by atoms with Crippen molar-refractivity contribution in [2.75, 3.05) is 17.2 Å². The molecule has 3 aromatic rings. The van der Waals surface area contributed by atoms with Crippen molar-refractivity contribution in [1.82, 2.24) is 24.6 Å². The first-order valence-corrected chi connectivity index (χ1v) is 15.9. The Labute approximate surface area is 353 Å². The monoisotopic (exact) mass is 759 g/mol. The largest absolute Gasteiger partial charge is 1.00 e. The van der Waals surface area contributed by atoms with E-state index in [9.17, 15) is 44.4 Å². The van der Waals surface area contributed by atoms with Crippen molar-refractivity contribution in [3.63, 3.8) is 0 Å². The van der Waals surface area contributed by atoms with Crippen molar-refractivity contribution < 1.29 is 138 Å². The maximum Gasteiger partial charge on any atom is 1.00 e. The number of nitrogens with zero attached hydrogens (tertiary/aromatic N) is 5. The van der Waals surface area contributed by atoms with E-state index in [0.717, 1.165) is 39.8 Å². The van der Waals surface area contributed by atoms with Crippen molar-refractivity contribution in [3.05, 3.63) is 58.0 Å². The summed E-state index contributed by atoms with van der Waals surface area (Å²) in [6.07, 6.45) is 0.855. The molecule has 5 rings (SSSR count). The molecule has 2 amide bonds. The molecule has 3 aromatic heterocycles. The summed E-state index contributed by atoms with van der Waals surface area (Å²) in [7, 11) is 0. The van der Waals surface area contributed by atoms with Gasteiger partial charge >= 0.3 is 88.7 Å². The van der Waals surface area contributed by atoms with Gasteiger partial charge in [0.25, 0.3) is 11.8 Å². The minimum atomic E-state index is -1.75. The molecule has 0 bridgehead atoms. The Kier molecular flexibility index (Phi) is 16.3. The van der Waals surface area contributed by atoms with Gasteiger partial charge in [-0.25, -0.2) is 4.98 Å². The predicted molar refractivity (Wildman–Crippen MR) is 152 cm³/mol. The molecule has 3 atom stereocenters. The summed E-state index contributed by atoms with van der Waals surface area (Å²) in [5.41, 5.74) is 4.42. The molecule has 2 aliphatic rings. The molecule has 48 heavy (non-hydrogen) atoms. The van der Waals surface area contributed by atoms with E-state index in [4.69, 9.17) is 10.6 Å². The third-order valence-electron chi connectivity index (χ3n) is 6.18. The number of fused-ring (bicyclic) bond motifs is 1. The number of oxime groups is 1. The van der Waals surface area contributed by atoms with Crippen LogP contribution in [0.4, 0.5) is 5.13 Å². The number of anilines is 1. The maximum absolute atomic E-state index is 13.3. The van der Waals surface area contributed by atoms with Crippen molar-refractivity contribution in [2.24, 2.45) is 5.16 Å². The number of β-lactam (4-membered cyclic amide) rings is 1. The number of nitrogen functional groups attached to an aromatic ring is 1. The van der Waals surface area contributed by atoms with E-state index in [1.807, 2.05) is 0 Å². The summed E-state index contributed by atoms with van der Waals surface area (Å²) in [5.74, 6) is -7.54. The number of thioether (sulfide) groups is 2. The minimum Gasteiger partial charge on any atom is -0.546 e. The number of rotatable bonds is 12. The van der Waals surface area contributed by atoms with Crippen molar-refractivity contribution in [3.8, 4) is 5.88 Å². The normalized spacial score (nSPS) is 17.4. The molecular formula is C24H16N7Na3O10S4. The second-order valence-electron chi connectivity index (χ2n) is 8.95. The van der Waals surface area contributed by atoms with Gasteiger partial charge in [-0.15, -0.1) is 34.9 Å². The van der Waals surface area contributed by atoms with E-state index < -0.39 is 70.1 Å². The zero-order valence-electron chi connectivity index (χ0n) is 25.1. The number of carbonyl (C=O) groups excluding carboxylic acids is 5. The number of aromatic nitrogens is 3. The number of nitrogens with one attached hydrogen (secondary N) is 1. The Balaban J connectivity index is 0.00000267. The van der Waals surface area contributed by atoms with Crippen LogP contribution in [0, 0.1) is 0 Å². The number of nitrogens with two attached hydrogens (primary N) is 1. The number of thiazole rings is 1. The van der Waals surface area contributed by atoms with Crippen LogP contribution in [0.15, 0.2) is 50.5 Å². The second kappa shape index (κ2) is 18.5. The van der Waals surface area contributed by atoms with Crippen LogP contribution in [0.1, 0.15) is 27.7 Å². The third-order valence-corrected chi connectivity index (χ3v) is 10.4. The molecule has 0 unspecified atom stereocenters. The Morgan fingerprint density at radius 2 is 1.94 bits per heavy atom. The van der Waals surface area contributed by atoms with Crippen molar-refractivity contribution in [1.29, 1.82) is 0 Å². The molecule has 0 spiro atoms. The number of aliphatic carboxylic acids is 2. The van der Waals surface area contributed by atoms with Crippen LogP contribution in [0.2, 0.25) is 0 Å². The van der Waals surface area contributed by atoms with Crippen molar-refractivity contribution in [2.45, 2.75) is 21.7 Å². The van der Waals surface area contributed by atoms with Crippen LogP contribution >= 0.6 is 46.4 Å². The van der Waals surface area contributed by atoms with Gasteiger partial charge in [-0.1, -0.05) is 11.2 Å². The van der Waals surface area contributed by atoms with Crippen LogP contribution in [-0.2, 0) is 24.0 Å². The Bertz CT molecular complexity index is 1780. The van der Waals surface area contributed by atoms with Gasteiger partial charge in [0.1, 0.15) is 17.1 Å². The van der Waals surface area contributed by atoms with Crippen LogP contribution in [-0.4, -0.2) is 82.7 Å². The Morgan fingerprint density at radius 3 is 2.52 bits per heavy atom. The van der Waals surface area contributed by atoms with Gasteiger partial charge in [0.05, 0.1) is 33.4 Å². The first-order chi connectivity index (χ1) is 21.5. The predicted octanol–water partition coefficient (Wildman–Crippen LogP) is -11.9. The van der Waals surface area contributed by atoms with Gasteiger partial charge in [0, 0.05) is 34.8 Å². The number of carboxylic acid groups (broad SMARTS) is 3. The van der Waals surface area contributed by atoms with E-state index >= 15 is 0 Å². The molecule has 1 fully saturated rings. The molecular weight excluding hydrogens is 744 g/mol. The SMILES string of the molecule is Nc1nc(/C(=N/O[C@@H](C(=O)[O-])c2cccnc2)C(=O)N[C@@H]2C(=O)N3C(C(=O)[O-])=C(CSc4snc(O)c4C(=O)[O-])CS[C@@H]23)cs1.[Na+].[Na+].[Na+]. The summed E-state index contributed by atoms with van der Waals surface area (Å²) in [4.78, 5) is 75.5. The third kappa shape index (κ3) is 9.13. The van der Waals surface area contributed by atoms with E-state index in [2.05, 4.69) is 24.8 Å². The molecule has 24 heteroatoms. The number of amides is 2. The molecule has 0 aliphatic carbocycles. The quantitative estimate of drug-likeness (QED) is 0.0508. The number of hydrogen-bond acceptors (Lipinski definition) is 19. The summed E-state index contributed by atoms with van der Waals surface area (Å²) in [6.45, 7) is 0. The molecule has 0 radical (unpaired) electrons. The van der Waals surface area contributed by atoms with E-state index in [-0.39, 0.29) is 126 Å². The first-order valence-electron chi connectivity index (χ1n) is 12.3. The van der Waals surface area contributed by atoms with Gasteiger partial charge in [0.2, 0.25) is 5.88 Å². The summed E-state index contributed by atoms with van der Waals surface area (Å²) in [6, 6.07) is 1.62. The topological polar surface area (TPSA) is 276 Å². The van der Waals surface area contributed by atoms with Crippen LogP contribution in [0.5, 0.6) is 5.88 Å². The average molecular weight is 760 g/mol. The summed E-state index contributed by atoms with van der Waals surface area (Å²) >= 11 is 3.64. The number of pyridine rings is 1. The number of carboxylic acids is 3. The van der Waals surface area contributed by atoms with Crippen LogP contribution in [0.25, 0.3) is 0 Å². The smallest absolute Gasteiger partial charge is 0.546 e. The molecule has 234 valence electrons. The van der Waals surface area contributed by atoms with Gasteiger partial charge in [-0.2, -0.15) is 4.37 Å². The van der Waals surface area contributed by atoms with Crippen molar-refractivity contribution >= 4 is 87.0 Å². The molecule has 1 saturated heterocycles. The van der Waals surface area contributed by atoms with Gasteiger partial charge in [-0.3, -0.25) is 19.5 Å². The number of hydrogen-bond donors (Lipinski definition) is 3. The van der Waals surface area contributed by atoms with E-state index in [1.54, 1.807) is 0 Å². The fourth-order valence-corrected chi connectivity index (χ4v) is 8.07. The zero-order valence-corrected chi connectivity index (χ0v) is 34.4. The minimum absolute atomic E-state index is 0. The van der Waals surface area contributed by atoms with E-state index in [1.165, 1.54) is 29.9 Å². The molecule has 4 N–H and O–H groups in total. The molecule has 0 aromatic carbocycles. The summed E-state index contributed by atoms with van der Waals surface area (Å²) in [5, 5.41) is 51.5. The van der Waals surface area contributed by atoms with Crippen LogP contribution < -0.4 is 115 Å². The second-order valence-corrected chi connectivity index (χ2v) is 13.0. The summed E-state index contributed by atoms with van der Waals surface area (Å²) < 4.78 is 3.64. The fourth-order valence-electron chi connectivity index (χ4n) is 4.16. The standard InChI is InChI=1S/C24H19N7O10S4.3Na/c25-24-27-10(7-44-24)12(29-41-15(22(39)40)8-2-1-3-26-4-8)17(33)28-13-18(34)31-14(21(37)38)9(5-42-19(13)31)6-43-23-11(20(35)36)16(32)30-45-23;;;/h1-4,7,13,15,19H,5-6H2,(H2,25,27)(H,28,33)(H,30,32)(H,35,36)(H,37,38)(H,39,40);;;/q;3*+1/p-3/b29-12-;;;/t13-,15-,19+;;;/m1.../s1. The molecule has 0 saturated carbocycles. The van der Waals surface area contributed by atoms with Crippen LogP contribution in [0.3, 0.4) is 0 Å². The number of aromatic hydroxyl groups is 1. The molecule has 2 aliphatic heterocycles. The van der Waals surface area contributed by atoms with E-state index in [0.29, 0.717) is 11.5 Å². The Morgan fingerprint density at radius 1 is 1.21 bits per heavy atom. The van der Waals surface area contributed by atoms with Gasteiger partial charge in [-0.05, 0) is 23.2 Å². The maximum atomic E-state index is 13.3. The Hall–Kier alpha value is -1.73. The number of carbonyl (C=O) groups is 5. The molecule has 17 nitrogen and oxygen atoms in total. The zero-order chi connectivity index (χ0) is 32.4. The fraction of sp³-hybridized carbons (Fsp3) is 0.208. The average Bonchev–Trinajstić information content (AvgIpc) is 3.61. The first kappa shape index (κ1) is 42.4. The molecule has 5 heterocycles. The number of aromatic carboxylic acids is 1. The van der Waals surface area contributed by atoms with Gasteiger partial charge < -0.3 is 50.7 Å². The van der Waals surface area contributed by atoms with Gasteiger partial charge in [0.15, 0.2) is 16.9 Å².